The summed E-state index contributed by atoms with van der Waals surface area (Å²) in [5, 5.41) is 0. The highest BCUT2D eigenvalue weighted by Crippen LogP contribution is 2.48. The molecule has 0 atom stereocenters. The third-order valence-electron chi connectivity index (χ3n) is 4.24. The van der Waals surface area contributed by atoms with Crippen molar-refractivity contribution in [1.29, 1.82) is 0 Å². The van der Waals surface area contributed by atoms with E-state index < -0.39 is 17.4 Å². The molecule has 1 aromatic rings. The van der Waals surface area contributed by atoms with Gasteiger partial charge in [0.05, 0.1) is 12.2 Å². The zero-order valence-corrected chi connectivity index (χ0v) is 12.1. The highest BCUT2D eigenvalue weighted by Gasteiger charge is 2.48. The van der Waals surface area contributed by atoms with Gasteiger partial charge in [-0.2, -0.15) is 0 Å². The Kier molecular flexibility index (Phi) is 3.85. The molecule has 0 aromatic heterocycles. The Labute approximate surface area is 123 Å². The zero-order valence-electron chi connectivity index (χ0n) is 12.1. The van der Waals surface area contributed by atoms with Gasteiger partial charge in [0, 0.05) is 18.7 Å². The van der Waals surface area contributed by atoms with Crippen molar-refractivity contribution in [3.05, 3.63) is 29.1 Å². The van der Waals surface area contributed by atoms with E-state index in [1.165, 1.54) is 6.07 Å². The van der Waals surface area contributed by atoms with Crippen LogP contribution in [0.1, 0.15) is 48.0 Å². The SMILES string of the molecule is COCCOc1cc(F)c2c(c1)C(=O)OC21CCCCC1. The molecule has 5 heteroatoms. The summed E-state index contributed by atoms with van der Waals surface area (Å²) in [6.07, 6.45) is 4.42. The summed E-state index contributed by atoms with van der Waals surface area (Å²) in [6.45, 7) is 0.724. The Hall–Kier alpha value is -1.62. The maximum Gasteiger partial charge on any atom is 0.339 e. The molecule has 0 bridgehead atoms. The topological polar surface area (TPSA) is 44.8 Å². The van der Waals surface area contributed by atoms with Gasteiger partial charge in [-0.1, -0.05) is 6.42 Å². The van der Waals surface area contributed by atoms with Crippen molar-refractivity contribution in [2.24, 2.45) is 0 Å². The Bertz CT molecular complexity index is 549. The molecule has 114 valence electrons. The summed E-state index contributed by atoms with van der Waals surface area (Å²) in [5.74, 6) is -0.510. The van der Waals surface area contributed by atoms with E-state index in [2.05, 4.69) is 0 Å². The first-order valence-corrected chi connectivity index (χ1v) is 7.35. The quantitative estimate of drug-likeness (QED) is 0.632. The monoisotopic (exact) mass is 294 g/mol. The van der Waals surface area contributed by atoms with Crippen LogP contribution in [-0.4, -0.2) is 26.3 Å². The minimum Gasteiger partial charge on any atom is -0.491 e. The first-order chi connectivity index (χ1) is 10.2. The van der Waals surface area contributed by atoms with Gasteiger partial charge < -0.3 is 14.2 Å². The molecule has 0 radical (unpaired) electrons. The lowest BCUT2D eigenvalue weighted by molar-refractivity contribution is -0.0294. The summed E-state index contributed by atoms with van der Waals surface area (Å²) in [5.41, 5.74) is -0.0181. The third-order valence-corrected chi connectivity index (χ3v) is 4.24. The lowest BCUT2D eigenvalue weighted by Gasteiger charge is -2.32. The number of fused-ring (bicyclic) bond motifs is 2. The Morgan fingerprint density at radius 3 is 2.71 bits per heavy atom. The van der Waals surface area contributed by atoms with Crippen molar-refractivity contribution < 1.29 is 23.4 Å². The van der Waals surface area contributed by atoms with E-state index >= 15 is 0 Å². The van der Waals surface area contributed by atoms with Crippen LogP contribution in [0.15, 0.2) is 12.1 Å². The molecule has 0 saturated heterocycles. The van der Waals surface area contributed by atoms with Gasteiger partial charge >= 0.3 is 5.97 Å². The Balaban J connectivity index is 1.93. The number of methoxy groups -OCH3 is 1. The molecule has 1 aliphatic carbocycles. The number of esters is 1. The van der Waals surface area contributed by atoms with Gasteiger partial charge in [0.1, 0.15) is 23.8 Å². The van der Waals surface area contributed by atoms with Gasteiger partial charge in [0.2, 0.25) is 0 Å². The largest absolute Gasteiger partial charge is 0.491 e. The second kappa shape index (κ2) is 5.64. The van der Waals surface area contributed by atoms with Crippen LogP contribution in [-0.2, 0) is 15.1 Å². The Morgan fingerprint density at radius 2 is 2.00 bits per heavy atom. The van der Waals surface area contributed by atoms with Crippen LogP contribution in [0.4, 0.5) is 4.39 Å². The number of hydrogen-bond donors (Lipinski definition) is 0. The van der Waals surface area contributed by atoms with E-state index in [9.17, 15) is 9.18 Å². The predicted molar refractivity (Wildman–Crippen MR) is 73.9 cm³/mol. The molecule has 21 heavy (non-hydrogen) atoms. The number of halogens is 1. The smallest absolute Gasteiger partial charge is 0.339 e. The first-order valence-electron chi connectivity index (χ1n) is 7.35. The van der Waals surface area contributed by atoms with Crippen molar-refractivity contribution in [3.63, 3.8) is 0 Å². The predicted octanol–water partition coefficient (Wildman–Crippen LogP) is 3.18. The summed E-state index contributed by atoms with van der Waals surface area (Å²) in [4.78, 5) is 12.1. The van der Waals surface area contributed by atoms with Gasteiger partial charge in [-0.3, -0.25) is 0 Å². The fraction of sp³-hybridized carbons (Fsp3) is 0.562. The molecule has 1 heterocycles. The molecule has 4 nitrogen and oxygen atoms in total. The van der Waals surface area contributed by atoms with Crippen LogP contribution >= 0.6 is 0 Å². The van der Waals surface area contributed by atoms with Gasteiger partial charge in [0.25, 0.3) is 0 Å². The van der Waals surface area contributed by atoms with E-state index in [4.69, 9.17) is 14.2 Å². The van der Waals surface area contributed by atoms with Crippen molar-refractivity contribution >= 4 is 5.97 Å². The van der Waals surface area contributed by atoms with Crippen molar-refractivity contribution in [2.45, 2.75) is 37.7 Å². The minimum atomic E-state index is -0.750. The highest BCUT2D eigenvalue weighted by atomic mass is 19.1. The van der Waals surface area contributed by atoms with Crippen molar-refractivity contribution in [1.82, 2.24) is 0 Å². The standard InChI is InChI=1S/C16H19FO4/c1-19-7-8-20-11-9-12-14(13(17)10-11)16(21-15(12)18)5-3-2-4-6-16/h9-10H,2-8H2,1H3. The molecule has 2 aliphatic rings. The average Bonchev–Trinajstić information content (AvgIpc) is 2.73. The van der Waals surface area contributed by atoms with Gasteiger partial charge in [-0.15, -0.1) is 0 Å². The van der Waals surface area contributed by atoms with Gasteiger partial charge in [-0.05, 0) is 31.7 Å². The molecule has 1 fully saturated rings. The Morgan fingerprint density at radius 1 is 1.24 bits per heavy atom. The summed E-state index contributed by atoms with van der Waals surface area (Å²) in [7, 11) is 1.57. The van der Waals surface area contributed by atoms with E-state index in [0.717, 1.165) is 19.3 Å². The van der Waals surface area contributed by atoms with Crippen LogP contribution in [0.2, 0.25) is 0 Å². The van der Waals surface area contributed by atoms with E-state index in [1.54, 1.807) is 13.2 Å². The molecule has 1 aliphatic heterocycles. The van der Waals surface area contributed by atoms with E-state index in [-0.39, 0.29) is 0 Å². The molecule has 1 aromatic carbocycles. The second-order valence-electron chi connectivity index (χ2n) is 5.61. The molecule has 0 amide bonds. The number of rotatable bonds is 4. The second-order valence-corrected chi connectivity index (χ2v) is 5.61. The fourth-order valence-electron chi connectivity index (χ4n) is 3.29. The fourth-order valence-corrected chi connectivity index (χ4v) is 3.29. The molecular formula is C16H19FO4. The summed E-state index contributed by atoms with van der Waals surface area (Å²) in [6, 6.07) is 2.92. The first kappa shape index (κ1) is 14.3. The van der Waals surface area contributed by atoms with Crippen LogP contribution < -0.4 is 4.74 Å². The molecule has 3 rings (SSSR count). The molecule has 1 spiro atoms. The van der Waals surface area contributed by atoms with Gasteiger partial charge in [-0.25, -0.2) is 9.18 Å². The van der Waals surface area contributed by atoms with Crippen molar-refractivity contribution in [2.75, 3.05) is 20.3 Å². The summed E-state index contributed by atoms with van der Waals surface area (Å²) >= 11 is 0. The lowest BCUT2D eigenvalue weighted by atomic mass is 9.79. The van der Waals surface area contributed by atoms with Gasteiger partial charge in [0.15, 0.2) is 0 Å². The lowest BCUT2D eigenvalue weighted by Crippen LogP contribution is -2.29. The van der Waals surface area contributed by atoms with Crippen LogP contribution in [0.3, 0.4) is 0 Å². The van der Waals surface area contributed by atoms with E-state index in [1.807, 2.05) is 0 Å². The van der Waals surface area contributed by atoms with Crippen LogP contribution in [0, 0.1) is 5.82 Å². The average molecular weight is 294 g/mol. The number of hydrogen-bond acceptors (Lipinski definition) is 4. The highest BCUT2D eigenvalue weighted by molar-refractivity contribution is 5.95. The normalized spacial score (nSPS) is 19.4. The molecule has 1 saturated carbocycles. The summed E-state index contributed by atoms with van der Waals surface area (Å²) < 4.78 is 30.4. The molecular weight excluding hydrogens is 275 g/mol. The number of ether oxygens (including phenoxy) is 3. The maximum absolute atomic E-state index is 14.5. The molecule has 0 N–H and O–H groups in total. The van der Waals surface area contributed by atoms with Crippen LogP contribution in [0.5, 0.6) is 5.75 Å². The molecule has 0 unspecified atom stereocenters. The van der Waals surface area contributed by atoms with Crippen LogP contribution in [0.25, 0.3) is 0 Å². The van der Waals surface area contributed by atoms with E-state index in [0.29, 0.717) is 42.9 Å². The number of carbonyl (C=O) groups is 1. The number of benzene rings is 1. The minimum absolute atomic E-state index is 0.310. The van der Waals surface area contributed by atoms with Crippen molar-refractivity contribution in [3.8, 4) is 5.75 Å². The number of carbonyl (C=O) groups excluding carboxylic acids is 1. The zero-order chi connectivity index (χ0) is 14.9. The third kappa shape index (κ3) is 2.50. The maximum atomic E-state index is 14.5.